The number of nitrogens with zero attached hydrogens (tertiary/aromatic N) is 11. The number of hydrogen-bond donors (Lipinski definition) is 3. The minimum absolute atomic E-state index is 0.109. The van der Waals surface area contributed by atoms with Crippen LogP contribution in [0.4, 0.5) is 17.6 Å². The first-order chi connectivity index (χ1) is 34.3. The number of carbonyl (C=O) groups excluding carboxylic acids is 1. The molecule has 8 rings (SSSR count). The molecule has 71 heavy (non-hydrogen) atoms. The summed E-state index contributed by atoms with van der Waals surface area (Å²) in [6, 6.07) is 13.6. The van der Waals surface area contributed by atoms with Gasteiger partial charge in [0, 0.05) is 132 Å². The van der Waals surface area contributed by atoms with Crippen LogP contribution in [0.2, 0.25) is 5.02 Å². The highest BCUT2D eigenvalue weighted by Crippen LogP contribution is 2.60. The summed E-state index contributed by atoms with van der Waals surface area (Å²) in [5, 5.41) is 30.7. The van der Waals surface area contributed by atoms with Crippen LogP contribution in [-0.2, 0) is 13.0 Å². The minimum atomic E-state index is -0.221. The van der Waals surface area contributed by atoms with Crippen LogP contribution in [-0.4, -0.2) is 142 Å². The van der Waals surface area contributed by atoms with Crippen LogP contribution in [0.1, 0.15) is 100 Å². The van der Waals surface area contributed by atoms with Crippen LogP contribution in [0.15, 0.2) is 61.2 Å². The van der Waals surface area contributed by atoms with E-state index in [1.54, 1.807) is 30.6 Å². The lowest BCUT2D eigenvalue weighted by molar-refractivity contribution is -0.195. The Bertz CT molecular complexity index is 2580. The maximum absolute atomic E-state index is 13.2. The number of nitriles is 1. The first-order valence-corrected chi connectivity index (χ1v) is 25.9. The Balaban J connectivity index is 0.701. The van der Waals surface area contributed by atoms with Crippen LogP contribution in [0, 0.1) is 28.1 Å². The first-order valence-electron chi connectivity index (χ1n) is 25.5. The number of aromatic nitrogens is 6. The van der Waals surface area contributed by atoms with E-state index >= 15 is 0 Å². The lowest BCUT2D eigenvalue weighted by Crippen LogP contribution is -2.68. The minimum Gasteiger partial charge on any atom is -0.489 e. The van der Waals surface area contributed by atoms with Crippen molar-refractivity contribution in [3.63, 3.8) is 0 Å². The fraction of sp³-hybridized carbons (Fsp3) is 0.566. The first kappa shape index (κ1) is 51.6. The molecule has 0 radical (unpaired) electrons. The average molecular weight is 991 g/mol. The number of amides is 1. The molecule has 2 aliphatic heterocycles. The van der Waals surface area contributed by atoms with E-state index in [1.165, 1.54) is 6.42 Å². The van der Waals surface area contributed by atoms with Crippen molar-refractivity contribution in [3.05, 3.63) is 88.5 Å². The maximum atomic E-state index is 13.2. The summed E-state index contributed by atoms with van der Waals surface area (Å²) in [5.41, 5.74) is 3.43. The molecule has 4 aromatic heterocycles. The number of rotatable bonds is 22. The van der Waals surface area contributed by atoms with Gasteiger partial charge in [0.1, 0.15) is 29.6 Å². The van der Waals surface area contributed by atoms with Crippen molar-refractivity contribution in [1.29, 1.82) is 5.26 Å². The zero-order valence-corrected chi connectivity index (χ0v) is 43.2. The van der Waals surface area contributed by atoms with Crippen LogP contribution in [0.3, 0.4) is 0 Å². The Morgan fingerprint density at radius 3 is 2.38 bits per heavy atom. The maximum Gasteiger partial charge on any atom is 0.254 e. The van der Waals surface area contributed by atoms with Gasteiger partial charge in [-0.3, -0.25) is 4.79 Å². The summed E-state index contributed by atoms with van der Waals surface area (Å²) in [4.78, 5) is 41.4. The number of benzene rings is 1. The highest BCUT2D eigenvalue weighted by molar-refractivity contribution is 6.31. The second-order valence-electron chi connectivity index (χ2n) is 20.6. The predicted molar refractivity (Wildman–Crippen MR) is 277 cm³/mol. The molecule has 1 saturated carbocycles. The highest BCUT2D eigenvalue weighted by Gasteiger charge is 2.63. The number of halogens is 1. The van der Waals surface area contributed by atoms with E-state index in [0.717, 1.165) is 119 Å². The summed E-state index contributed by atoms with van der Waals surface area (Å²) in [5.74, 6) is 3.63. The molecule has 6 heterocycles. The summed E-state index contributed by atoms with van der Waals surface area (Å²) >= 11 is 6.26. The van der Waals surface area contributed by atoms with Crippen molar-refractivity contribution in [2.75, 3.05) is 94.3 Å². The number of nitrogens with one attached hydrogen (secondary N) is 2. The van der Waals surface area contributed by atoms with E-state index in [0.29, 0.717) is 53.4 Å². The number of hydrogen-bond acceptors (Lipinski definition) is 15. The molecule has 5 aromatic rings. The zero-order valence-electron chi connectivity index (χ0n) is 42.4. The van der Waals surface area contributed by atoms with Gasteiger partial charge < -0.3 is 44.8 Å². The van der Waals surface area contributed by atoms with Gasteiger partial charge >= 0.3 is 0 Å². The predicted octanol–water partition coefficient (Wildman–Crippen LogP) is 7.13. The van der Waals surface area contributed by atoms with Gasteiger partial charge in [-0.05, 0) is 75.1 Å². The van der Waals surface area contributed by atoms with Crippen LogP contribution in [0.5, 0.6) is 11.6 Å². The molecule has 0 unspecified atom stereocenters. The number of aliphatic hydroxyl groups excluding tert-OH is 1. The van der Waals surface area contributed by atoms with E-state index in [-0.39, 0.29) is 41.4 Å². The summed E-state index contributed by atoms with van der Waals surface area (Å²) in [7, 11) is 1.99. The fourth-order valence-corrected chi connectivity index (χ4v) is 11.4. The second-order valence-corrected chi connectivity index (χ2v) is 21.0. The van der Waals surface area contributed by atoms with E-state index in [1.807, 2.05) is 34.9 Å². The topological polar surface area (TPSA) is 185 Å². The monoisotopic (exact) mass is 990 g/mol. The molecule has 1 aromatic carbocycles. The molecule has 1 atom stereocenters. The van der Waals surface area contributed by atoms with E-state index in [4.69, 9.17) is 26.1 Å². The van der Waals surface area contributed by atoms with Gasteiger partial charge in [0.05, 0.1) is 29.0 Å². The third-order valence-electron chi connectivity index (χ3n) is 15.0. The lowest BCUT2D eigenvalue weighted by Gasteiger charge is -2.63. The average Bonchev–Trinajstić information content (AvgIpc) is 3.80. The van der Waals surface area contributed by atoms with Gasteiger partial charge in [0.15, 0.2) is 5.65 Å². The Morgan fingerprint density at radius 2 is 1.70 bits per heavy atom. The quantitative estimate of drug-likeness (QED) is 0.0595. The van der Waals surface area contributed by atoms with E-state index in [9.17, 15) is 15.2 Å². The third kappa shape index (κ3) is 12.1. The fourth-order valence-electron chi connectivity index (χ4n) is 11.1. The summed E-state index contributed by atoms with van der Waals surface area (Å²) in [6.45, 7) is 20.5. The molecule has 1 amide bonds. The van der Waals surface area contributed by atoms with Crippen molar-refractivity contribution >= 4 is 40.7 Å². The molecule has 18 heteroatoms. The number of piperidine rings is 1. The molecule has 3 fully saturated rings. The molecule has 17 nitrogen and oxygen atoms in total. The van der Waals surface area contributed by atoms with Crippen molar-refractivity contribution in [1.82, 2.24) is 44.7 Å². The van der Waals surface area contributed by atoms with Crippen molar-refractivity contribution in [3.8, 4) is 17.7 Å². The molecule has 3 aliphatic rings. The van der Waals surface area contributed by atoms with Gasteiger partial charge in [-0.25, -0.2) is 19.9 Å². The molecule has 3 N–H and O–H groups in total. The Kier molecular flexibility index (Phi) is 16.8. The van der Waals surface area contributed by atoms with Crippen LogP contribution in [0.25, 0.3) is 5.65 Å². The number of fused-ring (bicyclic) bond motifs is 1. The number of piperazine rings is 1. The number of ether oxygens (including phenoxy) is 2. The number of aryl methyl sites for hydroxylation is 1. The van der Waals surface area contributed by atoms with E-state index in [2.05, 4.69) is 98.2 Å². The smallest absolute Gasteiger partial charge is 0.254 e. The number of carbonyl (C=O) groups is 1. The molecule has 1 aliphatic carbocycles. The van der Waals surface area contributed by atoms with E-state index < -0.39 is 0 Å². The summed E-state index contributed by atoms with van der Waals surface area (Å²) < 4.78 is 14.4. The van der Waals surface area contributed by atoms with Crippen LogP contribution >= 0.6 is 11.6 Å². The molecular formula is C53H72ClN13O4. The van der Waals surface area contributed by atoms with Gasteiger partial charge in [0.25, 0.3) is 5.91 Å². The molecule has 0 bridgehead atoms. The van der Waals surface area contributed by atoms with Gasteiger partial charge in [-0.15, -0.1) is 0 Å². The van der Waals surface area contributed by atoms with Crippen LogP contribution < -0.4 is 29.9 Å². The number of aliphatic hydroxyl groups is 1. The third-order valence-corrected chi connectivity index (χ3v) is 15.4. The van der Waals surface area contributed by atoms with Gasteiger partial charge in [-0.1, -0.05) is 52.3 Å². The SMILES string of the molecule is CCc1cnn2c(NCc3ccc(OCCCN4CCN(CCCN(C)c5ncc(C(=O)NCC6C(C)(C)C(Oc7ccc(C#N)c(Cl)c7)C6(C)C)cn5)CC4)nc3)cc(N3CCCC[C@H]3CCO)nc12. The Hall–Kier alpha value is -5.80. The van der Waals surface area contributed by atoms with Gasteiger partial charge in [0.2, 0.25) is 11.8 Å². The van der Waals surface area contributed by atoms with Gasteiger partial charge in [-0.2, -0.15) is 14.9 Å². The van der Waals surface area contributed by atoms with Crippen molar-refractivity contribution in [2.45, 2.75) is 98.3 Å². The Labute approximate surface area is 423 Å². The Morgan fingerprint density at radius 1 is 0.958 bits per heavy atom. The molecular weight excluding hydrogens is 918 g/mol. The number of anilines is 3. The standard InChI is InChI=1S/C53H72ClN13O4/c1-7-38-35-61-67-45(29-46(62-48(38)67)66-21-9-8-12-41(66)17-26-68)56-31-37-13-16-47(57-32-37)70-27-11-20-65-24-22-64(23-25-65)19-10-18-63(6)51-59-33-40(34-60-51)49(69)58-36-44-52(2,3)50(53(44,4)5)71-42-15-14-39(30-55)43(54)28-42/h13-16,28-29,32-35,41,44,50,56,68H,7-12,17-27,31,36H2,1-6H3,(H,58,69)/t41-,44?,50?/m0/s1. The largest absolute Gasteiger partial charge is 0.489 e. The molecule has 380 valence electrons. The highest BCUT2D eigenvalue weighted by atomic mass is 35.5. The lowest BCUT2D eigenvalue weighted by atomic mass is 9.45. The normalized spacial score (nSPS) is 20.0. The molecule has 2 saturated heterocycles. The zero-order chi connectivity index (χ0) is 50.1. The number of pyridine rings is 1. The van der Waals surface area contributed by atoms with Crippen molar-refractivity contribution in [2.24, 2.45) is 16.7 Å². The second kappa shape index (κ2) is 23.2. The van der Waals surface area contributed by atoms with Crippen molar-refractivity contribution < 1.29 is 19.4 Å². The summed E-state index contributed by atoms with van der Waals surface area (Å²) in [6.07, 6.45) is 13.8. The molecule has 0 spiro atoms.